The highest BCUT2D eigenvalue weighted by Crippen LogP contribution is 2.14. The van der Waals surface area contributed by atoms with Crippen molar-refractivity contribution in [3.05, 3.63) is 0 Å². The Hall–Kier alpha value is -0.265. The molecule has 0 amide bonds. The van der Waals surface area contributed by atoms with Gasteiger partial charge in [-0.25, -0.2) is 0 Å². The summed E-state index contributed by atoms with van der Waals surface area (Å²) >= 11 is 0. The number of ketones is 1. The van der Waals surface area contributed by atoms with Gasteiger partial charge in [-0.15, -0.1) is 0 Å². The zero-order valence-electron chi connectivity index (χ0n) is 5.31. The molecule has 44 valence electrons. The van der Waals surface area contributed by atoms with Gasteiger partial charge >= 0.3 is 0 Å². The monoisotopic (exact) mass is 110 g/mol. The van der Waals surface area contributed by atoms with Gasteiger partial charge in [0.25, 0.3) is 0 Å². The summed E-state index contributed by atoms with van der Waals surface area (Å²) in [4.78, 5) is 10.6. The van der Waals surface area contributed by atoms with Crippen LogP contribution in [0.2, 0.25) is 19.5 Å². The lowest BCUT2D eigenvalue weighted by Crippen LogP contribution is -2.17. The Morgan fingerprint density at radius 3 is 2.25 bits per heavy atom. The van der Waals surface area contributed by atoms with Crippen molar-refractivity contribution in [1.82, 2.24) is 0 Å². The lowest BCUT2D eigenvalue weighted by Gasteiger charge is -2.11. The fraction of sp³-hybridized carbons (Fsp3) is 0.833. The number of rotatable bonds is 0. The molecular weight excluding hydrogens is 98.9 g/mol. The lowest BCUT2D eigenvalue weighted by molar-refractivity contribution is -0.118. The quantitative estimate of drug-likeness (QED) is 0.431. The van der Waals surface area contributed by atoms with Gasteiger partial charge in [-0.2, -0.15) is 0 Å². The maximum atomic E-state index is 10.6. The maximum Gasteiger partial charge on any atom is 0.137 e. The van der Waals surface area contributed by atoms with Crippen molar-refractivity contribution in [2.45, 2.75) is 32.3 Å². The predicted octanol–water partition coefficient (Wildman–Crippen LogP) is 1.47. The Balaban J connectivity index is 2.29. The Labute approximate surface area is 50.5 Å². The summed E-state index contributed by atoms with van der Waals surface area (Å²) in [5.74, 6) is 0.461. The van der Waals surface area contributed by atoms with Crippen LogP contribution in [0.25, 0.3) is 0 Å². The Morgan fingerprint density at radius 2 is 1.88 bits per heavy atom. The number of hydrogen-bond acceptors (Lipinski definition) is 1. The van der Waals surface area contributed by atoms with Crippen LogP contribution in [0.1, 0.15) is 12.8 Å². The van der Waals surface area contributed by atoms with Crippen molar-refractivity contribution < 1.29 is 4.79 Å². The third-order valence-corrected chi connectivity index (χ3v) is 1.83. The van der Waals surface area contributed by atoms with Gasteiger partial charge in [0, 0.05) is 0 Å². The minimum absolute atomic E-state index is 0.461. The van der Waals surface area contributed by atoms with Crippen LogP contribution in [0, 0.1) is 0 Å². The molecule has 0 aromatic heterocycles. The van der Waals surface area contributed by atoms with E-state index in [0.717, 1.165) is 32.2 Å². The molecule has 0 aliphatic carbocycles. The molecule has 8 heavy (non-hydrogen) atoms. The number of carbonyl (C=O) groups excluding carboxylic acids is 1. The molecule has 0 saturated carbocycles. The van der Waals surface area contributed by atoms with Gasteiger partial charge in [-0.05, 0) is 12.8 Å². The molecule has 0 atom stereocenters. The van der Waals surface area contributed by atoms with Crippen molar-refractivity contribution in [3.63, 3.8) is 0 Å². The summed E-state index contributed by atoms with van der Waals surface area (Å²) in [5.41, 5.74) is 0. The molecule has 0 radical (unpaired) electrons. The van der Waals surface area contributed by atoms with Crippen molar-refractivity contribution in [2.75, 3.05) is 0 Å². The Bertz CT molecular complexity index is 90.7. The molecule has 1 rings (SSSR count). The normalized spacial score (nSPS) is 21.6. The van der Waals surface area contributed by atoms with E-state index in [9.17, 15) is 4.79 Å². The van der Waals surface area contributed by atoms with Gasteiger partial charge in [0.05, 0.1) is 0 Å². The van der Waals surface area contributed by atoms with Crippen molar-refractivity contribution in [3.8, 4) is 0 Å². The van der Waals surface area contributed by atoms with Crippen LogP contribution in [0.4, 0.5) is 0 Å². The van der Waals surface area contributed by atoms with Gasteiger partial charge in [-0.1, -0.05) is 19.5 Å². The predicted molar refractivity (Wildman–Crippen MR) is 35.5 cm³/mol. The summed E-state index contributed by atoms with van der Waals surface area (Å²) in [6, 6.07) is 0. The Morgan fingerprint density at radius 1 is 1.38 bits per heavy atom. The molecule has 1 saturated heterocycles. The SMILES string of the molecule is CB1CCC(=O)CC1. The van der Waals surface area contributed by atoms with E-state index in [1.807, 2.05) is 0 Å². The molecule has 0 unspecified atom stereocenters. The molecule has 0 bridgehead atoms. The third-order valence-electron chi connectivity index (χ3n) is 1.83. The average Bonchev–Trinajstić information content (AvgIpc) is 1.77. The van der Waals surface area contributed by atoms with Crippen molar-refractivity contribution in [2.24, 2.45) is 0 Å². The molecule has 1 aliphatic heterocycles. The summed E-state index contributed by atoms with van der Waals surface area (Å²) in [5, 5.41) is 0. The zero-order chi connectivity index (χ0) is 5.98. The van der Waals surface area contributed by atoms with Gasteiger partial charge in [0.2, 0.25) is 0 Å². The van der Waals surface area contributed by atoms with Gasteiger partial charge in [-0.3, -0.25) is 4.79 Å². The van der Waals surface area contributed by atoms with E-state index in [0.29, 0.717) is 5.78 Å². The largest absolute Gasteiger partial charge is 0.300 e. The first-order chi connectivity index (χ1) is 3.79. The first kappa shape index (κ1) is 5.86. The summed E-state index contributed by atoms with van der Waals surface area (Å²) in [6.07, 6.45) is 3.92. The number of hydrogen-bond donors (Lipinski definition) is 0. The van der Waals surface area contributed by atoms with Gasteiger partial charge in [0.15, 0.2) is 0 Å². The maximum absolute atomic E-state index is 10.6. The summed E-state index contributed by atoms with van der Waals surface area (Å²) in [6.45, 7) is 3.01. The zero-order valence-corrected chi connectivity index (χ0v) is 5.31. The standard InChI is InChI=1S/C6H11BO/c1-7-4-2-6(8)3-5-7/h2-5H2,1H3. The van der Waals surface area contributed by atoms with E-state index >= 15 is 0 Å². The smallest absolute Gasteiger partial charge is 0.137 e. The van der Waals surface area contributed by atoms with Crippen LogP contribution >= 0.6 is 0 Å². The topological polar surface area (TPSA) is 17.1 Å². The molecule has 1 aliphatic rings. The van der Waals surface area contributed by atoms with Crippen LogP contribution in [-0.4, -0.2) is 12.5 Å². The molecular formula is C6H11BO. The minimum atomic E-state index is 0.461. The van der Waals surface area contributed by atoms with E-state index in [1.165, 1.54) is 0 Å². The van der Waals surface area contributed by atoms with Crippen molar-refractivity contribution in [1.29, 1.82) is 0 Å². The summed E-state index contributed by atoms with van der Waals surface area (Å²) < 4.78 is 0. The molecule has 1 fully saturated rings. The van der Waals surface area contributed by atoms with E-state index in [-0.39, 0.29) is 0 Å². The van der Waals surface area contributed by atoms with E-state index in [1.54, 1.807) is 0 Å². The first-order valence-corrected chi connectivity index (χ1v) is 3.31. The van der Waals surface area contributed by atoms with Crippen LogP contribution < -0.4 is 0 Å². The van der Waals surface area contributed by atoms with Gasteiger partial charge in [0.1, 0.15) is 12.5 Å². The average molecular weight is 110 g/mol. The minimum Gasteiger partial charge on any atom is -0.300 e. The first-order valence-electron chi connectivity index (χ1n) is 3.31. The van der Waals surface area contributed by atoms with E-state index in [4.69, 9.17) is 0 Å². The van der Waals surface area contributed by atoms with Gasteiger partial charge < -0.3 is 0 Å². The Kier molecular flexibility index (Phi) is 1.71. The fourth-order valence-corrected chi connectivity index (χ4v) is 1.08. The summed E-state index contributed by atoms with van der Waals surface area (Å²) in [7, 11) is 0. The van der Waals surface area contributed by atoms with Crippen molar-refractivity contribution >= 4 is 12.5 Å². The number of carbonyl (C=O) groups is 1. The molecule has 1 nitrogen and oxygen atoms in total. The molecule has 0 N–H and O–H groups in total. The number of Topliss-reactive ketones (excluding diaryl/α,β-unsaturated/α-hetero) is 1. The van der Waals surface area contributed by atoms with E-state index in [2.05, 4.69) is 6.82 Å². The highest BCUT2D eigenvalue weighted by atomic mass is 16.1. The molecule has 0 spiro atoms. The third kappa shape index (κ3) is 1.36. The van der Waals surface area contributed by atoms with E-state index < -0.39 is 0 Å². The van der Waals surface area contributed by atoms with Crippen LogP contribution in [-0.2, 0) is 4.79 Å². The molecule has 2 heteroatoms. The lowest BCUT2D eigenvalue weighted by atomic mass is 9.43. The second-order valence-electron chi connectivity index (χ2n) is 2.72. The van der Waals surface area contributed by atoms with Crippen LogP contribution in [0.5, 0.6) is 0 Å². The second kappa shape index (κ2) is 2.34. The molecule has 0 aromatic carbocycles. The van der Waals surface area contributed by atoms with Crippen LogP contribution in [0.3, 0.4) is 0 Å². The highest BCUT2D eigenvalue weighted by Gasteiger charge is 2.16. The fourth-order valence-electron chi connectivity index (χ4n) is 1.08. The second-order valence-corrected chi connectivity index (χ2v) is 2.72. The van der Waals surface area contributed by atoms with Crippen LogP contribution in [0.15, 0.2) is 0 Å². The highest BCUT2D eigenvalue weighted by molar-refractivity contribution is 6.58. The molecule has 0 aromatic rings. The molecule has 1 heterocycles.